The van der Waals surface area contributed by atoms with E-state index in [-0.39, 0.29) is 5.91 Å². The molecular formula is C13H16Cl2N2O. The van der Waals surface area contributed by atoms with E-state index in [0.29, 0.717) is 28.2 Å². The van der Waals surface area contributed by atoms with Gasteiger partial charge < -0.3 is 10.6 Å². The molecule has 1 aliphatic rings. The summed E-state index contributed by atoms with van der Waals surface area (Å²) < 4.78 is 0. The molecule has 1 aromatic carbocycles. The standard InChI is InChI=1S/C13H16Cl2N2O/c14-9-3-4-12(15)11(8-9)13(18)17-7-5-10-2-1-6-16-10/h3-4,8,10,16H,1-2,5-7H2,(H,17,18)/t10-/m1/s1. The molecule has 0 spiro atoms. The fourth-order valence-electron chi connectivity index (χ4n) is 2.13. The second-order valence-electron chi connectivity index (χ2n) is 4.46. The van der Waals surface area contributed by atoms with Crippen LogP contribution in [0.2, 0.25) is 10.0 Å². The summed E-state index contributed by atoms with van der Waals surface area (Å²) in [7, 11) is 0. The maximum atomic E-state index is 11.9. The number of benzene rings is 1. The van der Waals surface area contributed by atoms with Crippen molar-refractivity contribution >= 4 is 29.1 Å². The van der Waals surface area contributed by atoms with Crippen molar-refractivity contribution in [2.45, 2.75) is 25.3 Å². The number of hydrogen-bond donors (Lipinski definition) is 2. The van der Waals surface area contributed by atoms with Crippen LogP contribution in [0.15, 0.2) is 18.2 Å². The summed E-state index contributed by atoms with van der Waals surface area (Å²) in [6, 6.07) is 5.42. The smallest absolute Gasteiger partial charge is 0.252 e. The van der Waals surface area contributed by atoms with E-state index in [4.69, 9.17) is 23.2 Å². The molecule has 0 unspecified atom stereocenters. The van der Waals surface area contributed by atoms with E-state index in [1.807, 2.05) is 0 Å². The fourth-order valence-corrected chi connectivity index (χ4v) is 2.51. The minimum Gasteiger partial charge on any atom is -0.352 e. The van der Waals surface area contributed by atoms with Crippen LogP contribution in [0.5, 0.6) is 0 Å². The molecule has 1 heterocycles. The maximum absolute atomic E-state index is 11.9. The number of carbonyl (C=O) groups excluding carboxylic acids is 1. The highest BCUT2D eigenvalue weighted by atomic mass is 35.5. The first-order chi connectivity index (χ1) is 8.66. The number of halogens is 2. The highest BCUT2D eigenvalue weighted by Crippen LogP contribution is 2.20. The van der Waals surface area contributed by atoms with Crippen molar-refractivity contribution in [3.8, 4) is 0 Å². The minimum atomic E-state index is -0.166. The lowest BCUT2D eigenvalue weighted by Crippen LogP contribution is -2.30. The Balaban J connectivity index is 1.85. The molecule has 0 aromatic heterocycles. The molecule has 18 heavy (non-hydrogen) atoms. The molecule has 1 amide bonds. The van der Waals surface area contributed by atoms with Gasteiger partial charge in [0.05, 0.1) is 10.6 Å². The van der Waals surface area contributed by atoms with E-state index in [1.54, 1.807) is 18.2 Å². The summed E-state index contributed by atoms with van der Waals surface area (Å²) in [5.74, 6) is -0.166. The van der Waals surface area contributed by atoms with E-state index in [9.17, 15) is 4.79 Å². The molecule has 3 nitrogen and oxygen atoms in total. The lowest BCUT2D eigenvalue weighted by molar-refractivity contribution is 0.0952. The van der Waals surface area contributed by atoms with E-state index >= 15 is 0 Å². The minimum absolute atomic E-state index is 0.166. The summed E-state index contributed by atoms with van der Waals surface area (Å²) >= 11 is 11.8. The molecular weight excluding hydrogens is 271 g/mol. The quantitative estimate of drug-likeness (QED) is 0.894. The third-order valence-electron chi connectivity index (χ3n) is 3.11. The van der Waals surface area contributed by atoms with Crippen molar-refractivity contribution in [3.05, 3.63) is 33.8 Å². The Morgan fingerprint density at radius 1 is 1.44 bits per heavy atom. The van der Waals surface area contributed by atoms with Gasteiger partial charge in [-0.05, 0) is 44.0 Å². The number of amides is 1. The second kappa shape index (κ2) is 6.41. The number of nitrogens with one attached hydrogen (secondary N) is 2. The molecule has 2 N–H and O–H groups in total. The SMILES string of the molecule is O=C(NCC[C@H]1CCCN1)c1cc(Cl)ccc1Cl. The molecule has 1 aromatic rings. The van der Waals surface area contributed by atoms with Crippen LogP contribution in [0.4, 0.5) is 0 Å². The Morgan fingerprint density at radius 3 is 3.00 bits per heavy atom. The largest absolute Gasteiger partial charge is 0.352 e. The Bertz CT molecular complexity index is 431. The van der Waals surface area contributed by atoms with Crippen molar-refractivity contribution < 1.29 is 4.79 Å². The highest BCUT2D eigenvalue weighted by molar-refractivity contribution is 6.35. The van der Waals surface area contributed by atoms with E-state index in [0.717, 1.165) is 13.0 Å². The zero-order chi connectivity index (χ0) is 13.0. The molecule has 1 atom stereocenters. The summed E-state index contributed by atoms with van der Waals surface area (Å²) in [4.78, 5) is 11.9. The van der Waals surface area contributed by atoms with Gasteiger partial charge in [-0.1, -0.05) is 23.2 Å². The van der Waals surface area contributed by atoms with Gasteiger partial charge in [-0.3, -0.25) is 4.79 Å². The topological polar surface area (TPSA) is 41.1 Å². The van der Waals surface area contributed by atoms with Crippen LogP contribution in [0.25, 0.3) is 0 Å². The Hall–Kier alpha value is -0.770. The van der Waals surface area contributed by atoms with E-state index in [2.05, 4.69) is 10.6 Å². The molecule has 0 bridgehead atoms. The predicted octanol–water partition coefficient (Wildman–Crippen LogP) is 2.87. The molecule has 0 radical (unpaired) electrons. The Labute approximate surface area is 117 Å². The van der Waals surface area contributed by atoms with Gasteiger partial charge in [0, 0.05) is 17.6 Å². The highest BCUT2D eigenvalue weighted by Gasteiger charge is 2.15. The van der Waals surface area contributed by atoms with Crippen LogP contribution in [-0.4, -0.2) is 25.0 Å². The van der Waals surface area contributed by atoms with Crippen LogP contribution in [0.3, 0.4) is 0 Å². The molecule has 1 saturated heterocycles. The van der Waals surface area contributed by atoms with Crippen molar-refractivity contribution in [2.75, 3.05) is 13.1 Å². The summed E-state index contributed by atoms with van der Waals surface area (Å²) in [6.07, 6.45) is 3.36. The third kappa shape index (κ3) is 3.61. The van der Waals surface area contributed by atoms with Gasteiger partial charge in [0.1, 0.15) is 0 Å². The molecule has 0 aliphatic carbocycles. The van der Waals surface area contributed by atoms with Gasteiger partial charge >= 0.3 is 0 Å². The molecule has 2 rings (SSSR count). The molecule has 98 valence electrons. The lowest BCUT2D eigenvalue weighted by Gasteiger charge is -2.11. The Morgan fingerprint density at radius 2 is 2.28 bits per heavy atom. The monoisotopic (exact) mass is 286 g/mol. The molecule has 0 saturated carbocycles. The van der Waals surface area contributed by atoms with Gasteiger partial charge in [0.15, 0.2) is 0 Å². The number of hydrogen-bond acceptors (Lipinski definition) is 2. The third-order valence-corrected chi connectivity index (χ3v) is 3.68. The van der Waals surface area contributed by atoms with Gasteiger partial charge in [-0.15, -0.1) is 0 Å². The maximum Gasteiger partial charge on any atom is 0.252 e. The van der Waals surface area contributed by atoms with Crippen molar-refractivity contribution in [1.82, 2.24) is 10.6 Å². The van der Waals surface area contributed by atoms with Gasteiger partial charge in [0.25, 0.3) is 5.91 Å². The molecule has 5 heteroatoms. The fraction of sp³-hybridized carbons (Fsp3) is 0.462. The normalized spacial score (nSPS) is 18.9. The molecule has 1 aliphatic heterocycles. The summed E-state index contributed by atoms with van der Waals surface area (Å²) in [6.45, 7) is 1.73. The van der Waals surface area contributed by atoms with E-state index in [1.165, 1.54) is 12.8 Å². The molecule has 1 fully saturated rings. The first kappa shape index (κ1) is 13.7. The van der Waals surface area contributed by atoms with Crippen molar-refractivity contribution in [1.29, 1.82) is 0 Å². The van der Waals surface area contributed by atoms with Gasteiger partial charge in [0.2, 0.25) is 0 Å². The first-order valence-electron chi connectivity index (χ1n) is 6.13. The van der Waals surface area contributed by atoms with Crippen LogP contribution in [0.1, 0.15) is 29.6 Å². The Kier molecular flexibility index (Phi) is 4.87. The van der Waals surface area contributed by atoms with Crippen LogP contribution in [-0.2, 0) is 0 Å². The average molecular weight is 287 g/mol. The summed E-state index contributed by atoms with van der Waals surface area (Å²) in [5.41, 5.74) is 0.434. The zero-order valence-corrected chi connectivity index (χ0v) is 11.5. The van der Waals surface area contributed by atoms with Crippen LogP contribution >= 0.6 is 23.2 Å². The second-order valence-corrected chi connectivity index (χ2v) is 5.31. The van der Waals surface area contributed by atoms with Gasteiger partial charge in [-0.2, -0.15) is 0 Å². The number of rotatable bonds is 4. The van der Waals surface area contributed by atoms with Crippen molar-refractivity contribution in [3.63, 3.8) is 0 Å². The number of carbonyl (C=O) groups is 1. The van der Waals surface area contributed by atoms with Crippen LogP contribution in [0, 0.1) is 0 Å². The van der Waals surface area contributed by atoms with Gasteiger partial charge in [-0.25, -0.2) is 0 Å². The van der Waals surface area contributed by atoms with Crippen LogP contribution < -0.4 is 10.6 Å². The average Bonchev–Trinajstić information content (AvgIpc) is 2.85. The van der Waals surface area contributed by atoms with Crippen molar-refractivity contribution in [2.24, 2.45) is 0 Å². The zero-order valence-electron chi connectivity index (χ0n) is 10.0. The lowest BCUT2D eigenvalue weighted by atomic mass is 10.1. The predicted molar refractivity (Wildman–Crippen MR) is 74.4 cm³/mol. The van der Waals surface area contributed by atoms with E-state index < -0.39 is 0 Å². The summed E-state index contributed by atoms with van der Waals surface area (Å²) in [5, 5.41) is 7.21. The first-order valence-corrected chi connectivity index (χ1v) is 6.89.